The van der Waals surface area contributed by atoms with Crippen LogP contribution in [0.4, 0.5) is 0 Å². The van der Waals surface area contributed by atoms with Crippen LogP contribution in [0.25, 0.3) is 0 Å². The van der Waals surface area contributed by atoms with E-state index in [-0.39, 0.29) is 18.7 Å². The minimum Gasteiger partial charge on any atom is -0.394 e. The molecular weight excluding hydrogens is 293 g/mol. The molecule has 2 nitrogen and oxygen atoms in total. The monoisotopic (exact) mass is 309 g/mol. The standard InChI is InChI=1S/C16H17Cl2NO/c1-11(13-7-8-14(17)15(18)9-13)19-16(10-20)12-5-3-2-4-6-12/h2-9,11,16,19-20H,10H2,1H3/t11?,16-/m1/s1. The van der Waals surface area contributed by atoms with E-state index >= 15 is 0 Å². The zero-order valence-corrected chi connectivity index (χ0v) is 12.7. The van der Waals surface area contributed by atoms with E-state index in [1.165, 1.54) is 0 Å². The summed E-state index contributed by atoms with van der Waals surface area (Å²) >= 11 is 12.0. The Labute approximate surface area is 129 Å². The molecule has 0 aliphatic carbocycles. The molecule has 2 aromatic carbocycles. The van der Waals surface area contributed by atoms with Gasteiger partial charge < -0.3 is 10.4 Å². The smallest absolute Gasteiger partial charge is 0.0626 e. The molecule has 0 aromatic heterocycles. The predicted molar refractivity (Wildman–Crippen MR) is 84.3 cm³/mol. The Bertz CT molecular complexity index is 560. The first-order chi connectivity index (χ1) is 9.61. The summed E-state index contributed by atoms with van der Waals surface area (Å²) in [6.07, 6.45) is 0. The number of hydrogen-bond donors (Lipinski definition) is 2. The first-order valence-electron chi connectivity index (χ1n) is 6.48. The van der Waals surface area contributed by atoms with Gasteiger partial charge in [-0.1, -0.05) is 59.6 Å². The highest BCUT2D eigenvalue weighted by Crippen LogP contribution is 2.26. The highest BCUT2D eigenvalue weighted by atomic mass is 35.5. The van der Waals surface area contributed by atoms with Crippen LogP contribution in [0, 0.1) is 0 Å². The molecule has 0 aliphatic heterocycles. The van der Waals surface area contributed by atoms with Crippen molar-refractivity contribution in [1.29, 1.82) is 0 Å². The minimum atomic E-state index is -0.111. The van der Waals surface area contributed by atoms with Gasteiger partial charge in [-0.2, -0.15) is 0 Å². The van der Waals surface area contributed by atoms with Crippen molar-refractivity contribution in [2.75, 3.05) is 6.61 Å². The maximum absolute atomic E-state index is 9.56. The Morgan fingerprint density at radius 1 is 1.00 bits per heavy atom. The van der Waals surface area contributed by atoms with Crippen molar-refractivity contribution in [3.05, 3.63) is 69.7 Å². The first-order valence-corrected chi connectivity index (χ1v) is 7.24. The fourth-order valence-corrected chi connectivity index (χ4v) is 2.43. The number of benzene rings is 2. The van der Waals surface area contributed by atoms with Crippen LogP contribution < -0.4 is 5.32 Å². The molecule has 2 rings (SSSR count). The van der Waals surface area contributed by atoms with Gasteiger partial charge in [0.1, 0.15) is 0 Å². The number of aliphatic hydroxyl groups excluding tert-OH is 1. The van der Waals surface area contributed by atoms with Gasteiger partial charge in [-0.3, -0.25) is 0 Å². The lowest BCUT2D eigenvalue weighted by Crippen LogP contribution is -2.27. The molecule has 0 fully saturated rings. The summed E-state index contributed by atoms with van der Waals surface area (Å²) < 4.78 is 0. The highest BCUT2D eigenvalue weighted by molar-refractivity contribution is 6.42. The van der Waals surface area contributed by atoms with Crippen LogP contribution in [0.3, 0.4) is 0 Å². The molecule has 0 saturated carbocycles. The van der Waals surface area contributed by atoms with Crippen LogP contribution in [0.15, 0.2) is 48.5 Å². The summed E-state index contributed by atoms with van der Waals surface area (Å²) in [5.74, 6) is 0. The lowest BCUT2D eigenvalue weighted by molar-refractivity contribution is 0.235. The number of nitrogens with one attached hydrogen (secondary N) is 1. The van der Waals surface area contributed by atoms with E-state index in [1.807, 2.05) is 49.4 Å². The second-order valence-electron chi connectivity index (χ2n) is 4.71. The normalized spacial score (nSPS) is 14.0. The van der Waals surface area contributed by atoms with Gasteiger partial charge in [0.15, 0.2) is 0 Å². The van der Waals surface area contributed by atoms with Gasteiger partial charge in [-0.15, -0.1) is 0 Å². The Morgan fingerprint density at radius 3 is 2.30 bits per heavy atom. The second-order valence-corrected chi connectivity index (χ2v) is 5.52. The van der Waals surface area contributed by atoms with Crippen molar-refractivity contribution in [2.24, 2.45) is 0 Å². The van der Waals surface area contributed by atoms with Gasteiger partial charge in [0, 0.05) is 6.04 Å². The molecule has 2 atom stereocenters. The fraction of sp³-hybridized carbons (Fsp3) is 0.250. The molecule has 0 amide bonds. The summed E-state index contributed by atoms with van der Waals surface area (Å²) in [4.78, 5) is 0. The highest BCUT2D eigenvalue weighted by Gasteiger charge is 2.15. The first kappa shape index (κ1) is 15.3. The van der Waals surface area contributed by atoms with Gasteiger partial charge >= 0.3 is 0 Å². The molecule has 2 aromatic rings. The molecule has 20 heavy (non-hydrogen) atoms. The summed E-state index contributed by atoms with van der Waals surface area (Å²) in [6.45, 7) is 2.07. The molecule has 2 N–H and O–H groups in total. The molecular formula is C16H17Cl2NO. The molecule has 0 heterocycles. The van der Waals surface area contributed by atoms with Gasteiger partial charge in [0.2, 0.25) is 0 Å². The minimum absolute atomic E-state index is 0.0374. The maximum atomic E-state index is 9.56. The maximum Gasteiger partial charge on any atom is 0.0626 e. The van der Waals surface area contributed by atoms with E-state index in [4.69, 9.17) is 23.2 Å². The van der Waals surface area contributed by atoms with E-state index < -0.39 is 0 Å². The van der Waals surface area contributed by atoms with Crippen LogP contribution in [-0.2, 0) is 0 Å². The van der Waals surface area contributed by atoms with E-state index in [9.17, 15) is 5.11 Å². The van der Waals surface area contributed by atoms with E-state index in [1.54, 1.807) is 6.07 Å². The number of hydrogen-bond acceptors (Lipinski definition) is 2. The van der Waals surface area contributed by atoms with Crippen molar-refractivity contribution < 1.29 is 5.11 Å². The van der Waals surface area contributed by atoms with E-state index in [0.29, 0.717) is 10.0 Å². The zero-order valence-electron chi connectivity index (χ0n) is 11.2. The third kappa shape index (κ3) is 3.74. The fourth-order valence-electron chi connectivity index (χ4n) is 2.12. The average molecular weight is 310 g/mol. The molecule has 4 heteroatoms. The Hall–Kier alpha value is -1.06. The van der Waals surface area contributed by atoms with E-state index in [2.05, 4.69) is 5.32 Å². The van der Waals surface area contributed by atoms with Gasteiger partial charge in [0.05, 0.1) is 22.7 Å². The third-order valence-corrected chi connectivity index (χ3v) is 4.02. The summed E-state index contributed by atoms with van der Waals surface area (Å²) in [5.41, 5.74) is 2.09. The largest absolute Gasteiger partial charge is 0.394 e. The third-order valence-electron chi connectivity index (χ3n) is 3.28. The molecule has 0 aliphatic rings. The lowest BCUT2D eigenvalue weighted by Gasteiger charge is -2.22. The van der Waals surface area contributed by atoms with Crippen molar-refractivity contribution in [3.63, 3.8) is 0 Å². The summed E-state index contributed by atoms with van der Waals surface area (Å²) in [5, 5.41) is 14.0. The van der Waals surface area contributed by atoms with Crippen molar-refractivity contribution in [2.45, 2.75) is 19.0 Å². The Balaban J connectivity index is 2.13. The molecule has 0 radical (unpaired) electrons. The van der Waals surface area contributed by atoms with Crippen molar-refractivity contribution >= 4 is 23.2 Å². The Morgan fingerprint density at radius 2 is 1.70 bits per heavy atom. The topological polar surface area (TPSA) is 32.3 Å². The van der Waals surface area contributed by atoms with Gasteiger partial charge in [-0.25, -0.2) is 0 Å². The van der Waals surface area contributed by atoms with Crippen molar-refractivity contribution in [3.8, 4) is 0 Å². The SMILES string of the molecule is CC(N[C@H](CO)c1ccccc1)c1ccc(Cl)c(Cl)c1. The quantitative estimate of drug-likeness (QED) is 0.859. The average Bonchev–Trinajstić information content (AvgIpc) is 2.48. The van der Waals surface area contributed by atoms with Gasteiger partial charge in [0.25, 0.3) is 0 Å². The molecule has 0 spiro atoms. The number of aliphatic hydroxyl groups is 1. The molecule has 0 saturated heterocycles. The number of halogens is 2. The molecule has 106 valence electrons. The van der Waals surface area contributed by atoms with Crippen molar-refractivity contribution in [1.82, 2.24) is 5.32 Å². The van der Waals surface area contributed by atoms with E-state index in [0.717, 1.165) is 11.1 Å². The molecule has 0 bridgehead atoms. The van der Waals surface area contributed by atoms with Crippen LogP contribution in [0.5, 0.6) is 0 Å². The van der Waals surface area contributed by atoms with Crippen LogP contribution in [0.1, 0.15) is 30.1 Å². The Kier molecular flexibility index (Phi) is 5.44. The number of rotatable bonds is 5. The van der Waals surface area contributed by atoms with Crippen LogP contribution in [0.2, 0.25) is 10.0 Å². The second kappa shape index (κ2) is 7.09. The zero-order chi connectivity index (χ0) is 14.5. The summed E-state index contributed by atoms with van der Waals surface area (Å²) in [6, 6.07) is 15.4. The van der Waals surface area contributed by atoms with Gasteiger partial charge in [-0.05, 0) is 30.2 Å². The van der Waals surface area contributed by atoms with Crippen LogP contribution in [-0.4, -0.2) is 11.7 Å². The van der Waals surface area contributed by atoms with Crippen LogP contribution >= 0.6 is 23.2 Å². The molecule has 1 unspecified atom stereocenters. The summed E-state index contributed by atoms with van der Waals surface area (Å²) in [7, 11) is 0. The predicted octanol–water partition coefficient (Wildman–Crippen LogP) is 4.38. The lowest BCUT2D eigenvalue weighted by atomic mass is 10.0.